The van der Waals surface area contributed by atoms with Gasteiger partial charge in [0.15, 0.2) is 5.65 Å². The van der Waals surface area contributed by atoms with Gasteiger partial charge in [-0.2, -0.15) is 5.10 Å². The highest BCUT2D eigenvalue weighted by atomic mass is 16.3. The summed E-state index contributed by atoms with van der Waals surface area (Å²) < 4.78 is 1.73. The molecule has 0 amide bonds. The van der Waals surface area contributed by atoms with Crippen LogP contribution in [-0.4, -0.2) is 19.9 Å². The Morgan fingerprint density at radius 3 is 2.67 bits per heavy atom. The lowest BCUT2D eigenvalue weighted by Crippen LogP contribution is -1.99. The molecule has 1 aromatic carbocycles. The zero-order valence-electron chi connectivity index (χ0n) is 9.61. The largest absolute Gasteiger partial charge is 0.508 e. The number of benzene rings is 1. The lowest BCUT2D eigenvalue weighted by molar-refractivity contribution is 0.475. The van der Waals surface area contributed by atoms with Crippen LogP contribution in [0.2, 0.25) is 0 Å². The minimum Gasteiger partial charge on any atom is -0.508 e. The van der Waals surface area contributed by atoms with Gasteiger partial charge in [-0.05, 0) is 35.9 Å². The summed E-state index contributed by atoms with van der Waals surface area (Å²) in [6.07, 6.45) is 3.51. The quantitative estimate of drug-likeness (QED) is 0.713. The van der Waals surface area contributed by atoms with Gasteiger partial charge in [0, 0.05) is 18.1 Å². The van der Waals surface area contributed by atoms with E-state index in [4.69, 9.17) is 5.73 Å². The molecule has 0 saturated carbocycles. The van der Waals surface area contributed by atoms with E-state index in [1.165, 1.54) is 0 Å². The minimum absolute atomic E-state index is 0.230. The molecule has 3 N–H and O–H groups in total. The summed E-state index contributed by atoms with van der Waals surface area (Å²) in [4.78, 5) is 4.37. The van der Waals surface area contributed by atoms with E-state index in [2.05, 4.69) is 10.1 Å². The number of nitrogens with two attached hydrogens (primary N) is 1. The maximum atomic E-state index is 9.28. The molecule has 5 heteroatoms. The monoisotopic (exact) mass is 240 g/mol. The van der Waals surface area contributed by atoms with Crippen molar-refractivity contribution in [3.63, 3.8) is 0 Å². The summed E-state index contributed by atoms with van der Waals surface area (Å²) in [5, 5.41) is 14.5. The van der Waals surface area contributed by atoms with Crippen molar-refractivity contribution < 1.29 is 5.11 Å². The smallest absolute Gasteiger partial charge is 0.162 e. The van der Waals surface area contributed by atoms with E-state index in [0.29, 0.717) is 6.54 Å². The van der Waals surface area contributed by atoms with E-state index >= 15 is 0 Å². The van der Waals surface area contributed by atoms with Gasteiger partial charge in [0.25, 0.3) is 0 Å². The summed E-state index contributed by atoms with van der Waals surface area (Å²) in [6.45, 7) is 0.466. The third-order valence-corrected chi connectivity index (χ3v) is 2.79. The van der Waals surface area contributed by atoms with Gasteiger partial charge in [-0.25, -0.2) is 9.67 Å². The number of hydrogen-bond acceptors (Lipinski definition) is 4. The molecule has 0 radical (unpaired) electrons. The Morgan fingerprint density at radius 1 is 1.17 bits per heavy atom. The predicted octanol–water partition coefficient (Wildman–Crippen LogP) is 1.58. The molecule has 3 rings (SSSR count). The lowest BCUT2D eigenvalue weighted by Gasteiger charge is -2.03. The number of aromatic hydroxyl groups is 1. The Hall–Kier alpha value is -2.40. The molecule has 18 heavy (non-hydrogen) atoms. The van der Waals surface area contributed by atoms with Crippen molar-refractivity contribution >= 4 is 11.0 Å². The summed E-state index contributed by atoms with van der Waals surface area (Å²) in [5.41, 5.74) is 8.19. The van der Waals surface area contributed by atoms with E-state index in [9.17, 15) is 5.11 Å². The van der Waals surface area contributed by atoms with Gasteiger partial charge in [0.1, 0.15) is 5.75 Å². The van der Waals surface area contributed by atoms with Crippen LogP contribution in [0.5, 0.6) is 5.75 Å². The van der Waals surface area contributed by atoms with E-state index in [1.807, 2.05) is 6.07 Å². The zero-order valence-corrected chi connectivity index (χ0v) is 9.61. The Balaban J connectivity index is 2.15. The average molecular weight is 240 g/mol. The van der Waals surface area contributed by atoms with Gasteiger partial charge in [-0.15, -0.1) is 0 Å². The zero-order chi connectivity index (χ0) is 12.5. The molecule has 0 saturated heterocycles. The van der Waals surface area contributed by atoms with Gasteiger partial charge in [-0.3, -0.25) is 0 Å². The molecule has 0 aliphatic carbocycles. The van der Waals surface area contributed by atoms with Crippen LogP contribution in [0.25, 0.3) is 16.7 Å². The number of phenols is 1. The number of pyridine rings is 1. The van der Waals surface area contributed by atoms with Gasteiger partial charge >= 0.3 is 0 Å². The molecule has 2 aromatic heterocycles. The van der Waals surface area contributed by atoms with Crippen LogP contribution >= 0.6 is 0 Å². The molecule has 5 nitrogen and oxygen atoms in total. The first kappa shape index (κ1) is 10.7. The number of phenolic OH excluding ortho intramolecular Hbond substituents is 1. The number of aromatic nitrogens is 3. The molecule has 90 valence electrons. The molecular weight excluding hydrogens is 228 g/mol. The SMILES string of the molecule is NCc1cnc2c(cnn2-c2ccc(O)cc2)c1. The van der Waals surface area contributed by atoms with E-state index < -0.39 is 0 Å². The predicted molar refractivity (Wildman–Crippen MR) is 68.4 cm³/mol. The van der Waals surface area contributed by atoms with Gasteiger partial charge < -0.3 is 10.8 Å². The molecule has 0 spiro atoms. The molecule has 0 atom stereocenters. The van der Waals surface area contributed by atoms with Crippen molar-refractivity contribution in [1.29, 1.82) is 0 Å². The minimum atomic E-state index is 0.230. The van der Waals surface area contributed by atoms with Crippen LogP contribution in [0, 0.1) is 0 Å². The number of rotatable bonds is 2. The van der Waals surface area contributed by atoms with Crippen molar-refractivity contribution in [3.05, 3.63) is 48.3 Å². The number of hydrogen-bond donors (Lipinski definition) is 2. The molecule has 0 aliphatic rings. The second-order valence-corrected chi connectivity index (χ2v) is 4.03. The third-order valence-electron chi connectivity index (χ3n) is 2.79. The topological polar surface area (TPSA) is 77.0 Å². The highest BCUT2D eigenvalue weighted by Crippen LogP contribution is 2.19. The fraction of sp³-hybridized carbons (Fsp3) is 0.0769. The third kappa shape index (κ3) is 1.70. The normalized spacial score (nSPS) is 10.9. The molecule has 0 bridgehead atoms. The molecule has 3 aromatic rings. The standard InChI is InChI=1S/C13H12N4O/c14-6-9-5-10-8-16-17(13(10)15-7-9)11-1-3-12(18)4-2-11/h1-5,7-8,18H,6,14H2. The Morgan fingerprint density at radius 2 is 1.94 bits per heavy atom. The second kappa shape index (κ2) is 4.12. The van der Waals surface area contributed by atoms with E-state index in [1.54, 1.807) is 41.3 Å². The maximum Gasteiger partial charge on any atom is 0.162 e. The molecular formula is C13H12N4O. The highest BCUT2D eigenvalue weighted by Gasteiger charge is 2.06. The maximum absolute atomic E-state index is 9.28. The Labute approximate surface area is 103 Å². The van der Waals surface area contributed by atoms with E-state index in [0.717, 1.165) is 22.3 Å². The molecule has 0 aliphatic heterocycles. The van der Waals surface area contributed by atoms with Gasteiger partial charge in [0.2, 0.25) is 0 Å². The highest BCUT2D eigenvalue weighted by molar-refractivity contribution is 5.76. The van der Waals surface area contributed by atoms with Gasteiger partial charge in [-0.1, -0.05) is 0 Å². The summed E-state index contributed by atoms with van der Waals surface area (Å²) in [6, 6.07) is 8.81. The first-order chi connectivity index (χ1) is 8.78. The molecule has 0 fully saturated rings. The van der Waals surface area contributed by atoms with Gasteiger partial charge in [0.05, 0.1) is 11.9 Å². The van der Waals surface area contributed by atoms with Crippen molar-refractivity contribution in [1.82, 2.24) is 14.8 Å². The first-order valence-electron chi connectivity index (χ1n) is 5.60. The van der Waals surface area contributed by atoms with Crippen LogP contribution in [0.15, 0.2) is 42.7 Å². The fourth-order valence-corrected chi connectivity index (χ4v) is 1.86. The Kier molecular flexibility index (Phi) is 2.46. The average Bonchev–Trinajstić information content (AvgIpc) is 2.82. The van der Waals surface area contributed by atoms with Crippen molar-refractivity contribution in [3.8, 4) is 11.4 Å². The Bertz CT molecular complexity index is 688. The number of nitrogens with zero attached hydrogens (tertiary/aromatic N) is 3. The summed E-state index contributed by atoms with van der Waals surface area (Å²) >= 11 is 0. The molecule has 2 heterocycles. The van der Waals surface area contributed by atoms with Crippen molar-refractivity contribution in [2.45, 2.75) is 6.54 Å². The number of fused-ring (bicyclic) bond motifs is 1. The fourth-order valence-electron chi connectivity index (χ4n) is 1.86. The van der Waals surface area contributed by atoms with Crippen LogP contribution < -0.4 is 5.73 Å². The van der Waals surface area contributed by atoms with Crippen molar-refractivity contribution in [2.24, 2.45) is 5.73 Å². The first-order valence-corrected chi connectivity index (χ1v) is 5.60. The van der Waals surface area contributed by atoms with Crippen LogP contribution in [-0.2, 0) is 6.54 Å². The van der Waals surface area contributed by atoms with Crippen LogP contribution in [0.4, 0.5) is 0 Å². The summed E-state index contributed by atoms with van der Waals surface area (Å²) in [7, 11) is 0. The van der Waals surface area contributed by atoms with Crippen LogP contribution in [0.3, 0.4) is 0 Å². The second-order valence-electron chi connectivity index (χ2n) is 4.03. The van der Waals surface area contributed by atoms with Crippen molar-refractivity contribution in [2.75, 3.05) is 0 Å². The lowest BCUT2D eigenvalue weighted by atomic mass is 10.2. The van der Waals surface area contributed by atoms with Crippen LogP contribution in [0.1, 0.15) is 5.56 Å². The molecule has 0 unspecified atom stereocenters. The summed E-state index contributed by atoms with van der Waals surface area (Å²) in [5.74, 6) is 0.230. The van der Waals surface area contributed by atoms with E-state index in [-0.39, 0.29) is 5.75 Å².